The van der Waals surface area contributed by atoms with Crippen molar-refractivity contribution in [3.8, 4) is 0 Å². The number of carbonyl (C=O) groups is 1. The SMILES string of the molecule is CCC(C)(Cc1csc2ccccc12)C(=O)O. The lowest BCUT2D eigenvalue weighted by Gasteiger charge is -2.22. The van der Waals surface area contributed by atoms with Crippen molar-refractivity contribution in [1.82, 2.24) is 0 Å². The van der Waals surface area contributed by atoms with Gasteiger partial charge in [0.05, 0.1) is 5.41 Å². The highest BCUT2D eigenvalue weighted by atomic mass is 32.1. The van der Waals surface area contributed by atoms with Crippen molar-refractivity contribution < 1.29 is 9.90 Å². The van der Waals surface area contributed by atoms with Crippen molar-refractivity contribution in [2.75, 3.05) is 0 Å². The van der Waals surface area contributed by atoms with E-state index >= 15 is 0 Å². The van der Waals surface area contributed by atoms with Gasteiger partial charge in [-0.3, -0.25) is 4.79 Å². The molecule has 1 aromatic carbocycles. The fourth-order valence-electron chi connectivity index (χ4n) is 1.94. The van der Waals surface area contributed by atoms with Gasteiger partial charge in [-0.2, -0.15) is 0 Å². The third-order valence-electron chi connectivity index (χ3n) is 3.44. The molecule has 0 aliphatic carbocycles. The summed E-state index contributed by atoms with van der Waals surface area (Å²) in [5.41, 5.74) is 0.487. The molecule has 0 radical (unpaired) electrons. The zero-order valence-corrected chi connectivity index (χ0v) is 10.9. The molecule has 0 saturated heterocycles. The first-order chi connectivity index (χ1) is 8.07. The molecule has 1 atom stereocenters. The highest BCUT2D eigenvalue weighted by molar-refractivity contribution is 7.17. The van der Waals surface area contributed by atoms with Gasteiger partial charge in [0.1, 0.15) is 0 Å². The largest absolute Gasteiger partial charge is 0.481 e. The second kappa shape index (κ2) is 4.49. The molecule has 0 fully saturated rings. The molecule has 2 rings (SSSR count). The van der Waals surface area contributed by atoms with Crippen molar-refractivity contribution >= 4 is 27.4 Å². The van der Waals surface area contributed by atoms with E-state index in [9.17, 15) is 9.90 Å². The Morgan fingerprint density at radius 2 is 2.12 bits per heavy atom. The summed E-state index contributed by atoms with van der Waals surface area (Å²) in [4.78, 5) is 11.3. The Morgan fingerprint density at radius 1 is 1.41 bits per heavy atom. The van der Waals surface area contributed by atoms with Crippen LogP contribution in [0.25, 0.3) is 10.1 Å². The summed E-state index contributed by atoms with van der Waals surface area (Å²) in [5.74, 6) is -0.713. The van der Waals surface area contributed by atoms with Crippen molar-refractivity contribution in [1.29, 1.82) is 0 Å². The minimum Gasteiger partial charge on any atom is -0.481 e. The minimum absolute atomic E-state index is 0.600. The molecule has 2 aromatic rings. The van der Waals surface area contributed by atoms with Crippen LogP contribution in [0.4, 0.5) is 0 Å². The molecule has 0 aliphatic rings. The molecule has 1 N–H and O–H groups in total. The monoisotopic (exact) mass is 248 g/mol. The summed E-state index contributed by atoms with van der Waals surface area (Å²) in [7, 11) is 0. The van der Waals surface area contributed by atoms with Gasteiger partial charge in [-0.25, -0.2) is 0 Å². The number of hydrogen-bond acceptors (Lipinski definition) is 2. The van der Waals surface area contributed by atoms with E-state index in [1.165, 1.54) is 10.1 Å². The third kappa shape index (κ3) is 2.20. The highest BCUT2D eigenvalue weighted by Gasteiger charge is 2.31. The van der Waals surface area contributed by atoms with Gasteiger partial charge in [-0.05, 0) is 42.2 Å². The molecule has 3 heteroatoms. The normalized spacial score (nSPS) is 14.7. The standard InChI is InChI=1S/C14H16O2S/c1-3-14(2,13(15)16)8-10-9-17-12-7-5-4-6-11(10)12/h4-7,9H,3,8H2,1-2H3,(H,15,16). The van der Waals surface area contributed by atoms with E-state index in [0.717, 1.165) is 5.56 Å². The van der Waals surface area contributed by atoms with Gasteiger partial charge in [0, 0.05) is 4.70 Å². The van der Waals surface area contributed by atoms with E-state index in [4.69, 9.17) is 0 Å². The van der Waals surface area contributed by atoms with Crippen LogP contribution >= 0.6 is 11.3 Å². The van der Waals surface area contributed by atoms with Crippen LogP contribution in [0.2, 0.25) is 0 Å². The lowest BCUT2D eigenvalue weighted by atomic mass is 9.81. The average molecular weight is 248 g/mol. The summed E-state index contributed by atoms with van der Waals surface area (Å²) in [6, 6.07) is 8.16. The lowest BCUT2D eigenvalue weighted by Crippen LogP contribution is -2.29. The summed E-state index contributed by atoms with van der Waals surface area (Å²) in [6.07, 6.45) is 1.25. The zero-order chi connectivity index (χ0) is 12.5. The van der Waals surface area contributed by atoms with Crippen LogP contribution in [-0.4, -0.2) is 11.1 Å². The predicted octanol–water partition coefficient (Wildman–Crippen LogP) is 3.94. The van der Waals surface area contributed by atoms with Crippen LogP contribution in [-0.2, 0) is 11.2 Å². The molecule has 1 aromatic heterocycles. The Labute approximate surface area is 105 Å². The first-order valence-electron chi connectivity index (χ1n) is 5.75. The van der Waals surface area contributed by atoms with Crippen LogP contribution in [0.15, 0.2) is 29.6 Å². The number of fused-ring (bicyclic) bond motifs is 1. The Kier molecular flexibility index (Phi) is 3.20. The molecule has 0 spiro atoms. The summed E-state index contributed by atoms with van der Waals surface area (Å²) in [6.45, 7) is 3.75. The second-order valence-electron chi connectivity index (χ2n) is 4.65. The molecule has 17 heavy (non-hydrogen) atoms. The van der Waals surface area contributed by atoms with Crippen LogP contribution in [0.5, 0.6) is 0 Å². The molecule has 0 aliphatic heterocycles. The Balaban J connectivity index is 2.38. The summed E-state index contributed by atoms with van der Waals surface area (Å²) in [5, 5.41) is 12.6. The van der Waals surface area contributed by atoms with Gasteiger partial charge in [0.2, 0.25) is 0 Å². The van der Waals surface area contributed by atoms with Crippen molar-refractivity contribution in [2.24, 2.45) is 5.41 Å². The number of rotatable bonds is 4. The van der Waals surface area contributed by atoms with Crippen LogP contribution in [0.3, 0.4) is 0 Å². The first-order valence-corrected chi connectivity index (χ1v) is 6.63. The van der Waals surface area contributed by atoms with Crippen LogP contribution < -0.4 is 0 Å². The van der Waals surface area contributed by atoms with E-state index in [1.54, 1.807) is 11.3 Å². The molecule has 90 valence electrons. The molecule has 0 amide bonds. The third-order valence-corrected chi connectivity index (χ3v) is 4.45. The maximum atomic E-state index is 11.3. The van der Waals surface area contributed by atoms with Crippen LogP contribution in [0, 0.1) is 5.41 Å². The van der Waals surface area contributed by atoms with E-state index in [0.29, 0.717) is 12.8 Å². The Bertz CT molecular complexity index is 544. The number of thiophene rings is 1. The van der Waals surface area contributed by atoms with E-state index in [-0.39, 0.29) is 0 Å². The van der Waals surface area contributed by atoms with E-state index < -0.39 is 11.4 Å². The van der Waals surface area contributed by atoms with E-state index in [2.05, 4.69) is 17.5 Å². The van der Waals surface area contributed by atoms with Gasteiger partial charge in [0.25, 0.3) is 0 Å². The van der Waals surface area contributed by atoms with Crippen molar-refractivity contribution in [3.63, 3.8) is 0 Å². The fraction of sp³-hybridized carbons (Fsp3) is 0.357. The molecular formula is C14H16O2S. The summed E-state index contributed by atoms with van der Waals surface area (Å²) >= 11 is 1.68. The summed E-state index contributed by atoms with van der Waals surface area (Å²) < 4.78 is 1.23. The van der Waals surface area contributed by atoms with Gasteiger partial charge in [-0.1, -0.05) is 25.1 Å². The highest BCUT2D eigenvalue weighted by Crippen LogP contribution is 2.33. The number of aliphatic carboxylic acids is 1. The predicted molar refractivity (Wildman–Crippen MR) is 71.6 cm³/mol. The van der Waals surface area contributed by atoms with Crippen molar-refractivity contribution in [3.05, 3.63) is 35.2 Å². The number of benzene rings is 1. The molecular weight excluding hydrogens is 232 g/mol. The molecule has 1 unspecified atom stereocenters. The first kappa shape index (κ1) is 12.1. The smallest absolute Gasteiger partial charge is 0.309 e. The molecule has 0 bridgehead atoms. The molecule has 1 heterocycles. The number of carboxylic acid groups (broad SMARTS) is 1. The Hall–Kier alpha value is -1.35. The zero-order valence-electron chi connectivity index (χ0n) is 10.1. The fourth-order valence-corrected chi connectivity index (χ4v) is 2.90. The number of hydrogen-bond donors (Lipinski definition) is 1. The minimum atomic E-state index is -0.713. The van der Waals surface area contributed by atoms with E-state index in [1.807, 2.05) is 26.0 Å². The number of carboxylic acids is 1. The van der Waals surface area contributed by atoms with Gasteiger partial charge in [-0.15, -0.1) is 11.3 Å². The topological polar surface area (TPSA) is 37.3 Å². The molecule has 2 nitrogen and oxygen atoms in total. The van der Waals surface area contributed by atoms with Crippen LogP contribution in [0.1, 0.15) is 25.8 Å². The maximum absolute atomic E-state index is 11.3. The average Bonchev–Trinajstić information content (AvgIpc) is 2.72. The Morgan fingerprint density at radius 3 is 2.76 bits per heavy atom. The van der Waals surface area contributed by atoms with Gasteiger partial charge in [0.15, 0.2) is 0 Å². The van der Waals surface area contributed by atoms with Crippen molar-refractivity contribution in [2.45, 2.75) is 26.7 Å². The molecule has 0 saturated carbocycles. The lowest BCUT2D eigenvalue weighted by molar-refractivity contribution is -0.148. The maximum Gasteiger partial charge on any atom is 0.309 e. The second-order valence-corrected chi connectivity index (χ2v) is 5.56. The quantitative estimate of drug-likeness (QED) is 0.889. The van der Waals surface area contributed by atoms with Gasteiger partial charge >= 0.3 is 5.97 Å². The van der Waals surface area contributed by atoms with Gasteiger partial charge < -0.3 is 5.11 Å².